The number of nitrogens with zero attached hydrogens (tertiary/aromatic N) is 4. The fourth-order valence-corrected chi connectivity index (χ4v) is 4.48. The third kappa shape index (κ3) is 4.54. The van der Waals surface area contributed by atoms with Crippen LogP contribution < -0.4 is 21.1 Å². The number of hydroxylamine groups is 1. The molecular weight excluding hydrogens is 472 g/mol. The van der Waals surface area contributed by atoms with E-state index >= 15 is 0 Å². The van der Waals surface area contributed by atoms with Crippen molar-refractivity contribution in [2.24, 2.45) is 0 Å². The van der Waals surface area contributed by atoms with Crippen LogP contribution >= 0.6 is 0 Å². The summed E-state index contributed by atoms with van der Waals surface area (Å²) in [5.41, 5.74) is 6.50. The van der Waals surface area contributed by atoms with E-state index in [0.717, 1.165) is 35.3 Å². The first-order valence-corrected chi connectivity index (χ1v) is 11.9. The maximum absolute atomic E-state index is 13.2. The van der Waals surface area contributed by atoms with Crippen molar-refractivity contribution in [2.75, 3.05) is 23.9 Å². The highest BCUT2D eigenvalue weighted by molar-refractivity contribution is 5.97. The average molecular weight is 499 g/mol. The van der Waals surface area contributed by atoms with Crippen LogP contribution in [0.25, 0.3) is 16.7 Å². The van der Waals surface area contributed by atoms with E-state index in [1.807, 2.05) is 42.5 Å². The number of amides is 2. The zero-order valence-electron chi connectivity index (χ0n) is 20.7. The smallest absolute Gasteiger partial charge is 0.280 e. The molecule has 1 aliphatic rings. The van der Waals surface area contributed by atoms with Gasteiger partial charge < -0.3 is 14.8 Å². The van der Waals surface area contributed by atoms with Crippen LogP contribution in [0.4, 0.5) is 17.3 Å². The van der Waals surface area contributed by atoms with Crippen LogP contribution in [0.2, 0.25) is 0 Å². The number of aryl methyl sites for hydroxylation is 1. The monoisotopic (exact) mass is 498 g/mol. The van der Waals surface area contributed by atoms with Crippen molar-refractivity contribution >= 4 is 40.2 Å². The number of hydrogen-bond donors (Lipinski definition) is 2. The topological polar surface area (TPSA) is 118 Å². The summed E-state index contributed by atoms with van der Waals surface area (Å²) in [4.78, 5) is 53.1. The lowest BCUT2D eigenvalue weighted by Crippen LogP contribution is -2.29. The molecule has 0 saturated carbocycles. The van der Waals surface area contributed by atoms with Crippen molar-refractivity contribution in [1.29, 1.82) is 0 Å². The number of benzene rings is 2. The van der Waals surface area contributed by atoms with Gasteiger partial charge in [0.1, 0.15) is 5.56 Å². The van der Waals surface area contributed by atoms with E-state index in [1.54, 1.807) is 16.4 Å². The van der Waals surface area contributed by atoms with E-state index in [-0.39, 0.29) is 22.8 Å². The van der Waals surface area contributed by atoms with Gasteiger partial charge in [-0.05, 0) is 48.2 Å². The molecule has 3 heterocycles. The first kappa shape index (κ1) is 24.1. The van der Waals surface area contributed by atoms with E-state index in [4.69, 9.17) is 4.84 Å². The number of carbonyl (C=O) groups excluding carboxylic acids is 2. The molecule has 4 aromatic rings. The van der Waals surface area contributed by atoms with Crippen LogP contribution in [0.15, 0.2) is 59.7 Å². The minimum Gasteiger partial charge on any atom is -0.324 e. The molecule has 2 aromatic heterocycles. The second-order valence-corrected chi connectivity index (χ2v) is 8.72. The van der Waals surface area contributed by atoms with Crippen LogP contribution in [-0.4, -0.2) is 40.0 Å². The molecule has 0 radical (unpaired) electrons. The lowest BCUT2D eigenvalue weighted by atomic mass is 10.1. The van der Waals surface area contributed by atoms with Gasteiger partial charge in [0.15, 0.2) is 5.65 Å². The zero-order valence-corrected chi connectivity index (χ0v) is 20.7. The van der Waals surface area contributed by atoms with Gasteiger partial charge in [0.05, 0.1) is 12.5 Å². The van der Waals surface area contributed by atoms with Gasteiger partial charge in [0.25, 0.3) is 5.91 Å². The molecule has 37 heavy (non-hydrogen) atoms. The number of hydrogen-bond acceptors (Lipinski definition) is 7. The maximum atomic E-state index is 13.2. The fourth-order valence-electron chi connectivity index (χ4n) is 4.48. The van der Waals surface area contributed by atoms with E-state index < -0.39 is 11.3 Å². The predicted octanol–water partition coefficient (Wildman–Crippen LogP) is 3.29. The summed E-state index contributed by atoms with van der Waals surface area (Å²) >= 11 is 0. The quantitative estimate of drug-likeness (QED) is 0.392. The standard InChI is InChI=1S/C27H26N6O4/c1-4-17-5-9-20(10-6-17)33-15-22(26(36)31-37-3)24(35)21-14-28-27(30-25(21)33)29-19-8-7-18-11-12-32(16(2)34)23(18)13-19/h5-10,13-15H,4,11-12H2,1-3H3,(H,31,36)(H,28,29,30). The van der Waals surface area contributed by atoms with Gasteiger partial charge in [0.2, 0.25) is 17.3 Å². The summed E-state index contributed by atoms with van der Waals surface area (Å²) in [6, 6.07) is 13.6. The molecule has 0 atom stereocenters. The van der Waals surface area contributed by atoms with Crippen LogP contribution in [0.3, 0.4) is 0 Å². The highest BCUT2D eigenvalue weighted by Crippen LogP contribution is 2.31. The summed E-state index contributed by atoms with van der Waals surface area (Å²) in [7, 11) is 1.30. The van der Waals surface area contributed by atoms with Crippen LogP contribution in [0.1, 0.15) is 35.3 Å². The van der Waals surface area contributed by atoms with Gasteiger partial charge in [-0.2, -0.15) is 4.98 Å². The number of rotatable bonds is 6. The van der Waals surface area contributed by atoms with Gasteiger partial charge in [-0.15, -0.1) is 0 Å². The lowest BCUT2D eigenvalue weighted by molar-refractivity contribution is -0.116. The lowest BCUT2D eigenvalue weighted by Gasteiger charge is -2.16. The van der Waals surface area contributed by atoms with Gasteiger partial charge in [0, 0.05) is 42.9 Å². The molecule has 2 N–H and O–H groups in total. The Balaban J connectivity index is 1.61. The summed E-state index contributed by atoms with van der Waals surface area (Å²) in [5, 5.41) is 3.37. The largest absolute Gasteiger partial charge is 0.324 e. The Morgan fingerprint density at radius 1 is 1.14 bits per heavy atom. The first-order valence-electron chi connectivity index (χ1n) is 11.9. The Hall–Kier alpha value is -4.57. The van der Waals surface area contributed by atoms with Gasteiger partial charge >= 0.3 is 0 Å². The highest BCUT2D eigenvalue weighted by Gasteiger charge is 2.23. The zero-order chi connectivity index (χ0) is 26.1. The fraction of sp³-hybridized carbons (Fsp3) is 0.222. The highest BCUT2D eigenvalue weighted by atomic mass is 16.6. The molecule has 0 unspecified atom stereocenters. The van der Waals surface area contributed by atoms with Crippen molar-refractivity contribution in [2.45, 2.75) is 26.7 Å². The molecule has 0 saturated heterocycles. The van der Waals surface area contributed by atoms with Crippen molar-refractivity contribution in [3.63, 3.8) is 0 Å². The molecule has 188 valence electrons. The molecule has 0 bridgehead atoms. The Kier molecular flexibility index (Phi) is 6.41. The number of nitrogens with one attached hydrogen (secondary N) is 2. The number of fused-ring (bicyclic) bond motifs is 2. The Morgan fingerprint density at radius 2 is 1.92 bits per heavy atom. The second kappa shape index (κ2) is 9.82. The first-order chi connectivity index (χ1) is 17.9. The van der Waals surface area contributed by atoms with E-state index in [0.29, 0.717) is 17.9 Å². The third-order valence-electron chi connectivity index (χ3n) is 6.42. The predicted molar refractivity (Wildman–Crippen MR) is 140 cm³/mol. The van der Waals surface area contributed by atoms with Gasteiger partial charge in [-0.1, -0.05) is 25.1 Å². The van der Waals surface area contributed by atoms with E-state index in [1.165, 1.54) is 19.5 Å². The summed E-state index contributed by atoms with van der Waals surface area (Å²) in [6.07, 6.45) is 4.55. The molecule has 10 heteroatoms. The second-order valence-electron chi connectivity index (χ2n) is 8.72. The number of anilines is 3. The van der Waals surface area contributed by atoms with Gasteiger partial charge in [-0.3, -0.25) is 19.2 Å². The molecule has 10 nitrogen and oxygen atoms in total. The average Bonchev–Trinajstić information content (AvgIpc) is 3.33. The van der Waals surface area contributed by atoms with E-state index in [9.17, 15) is 14.4 Å². The normalized spacial score (nSPS) is 12.5. The molecule has 0 fully saturated rings. The Labute approximate surface area is 212 Å². The third-order valence-corrected chi connectivity index (χ3v) is 6.42. The molecule has 0 spiro atoms. The van der Waals surface area contributed by atoms with Crippen molar-refractivity contribution < 1.29 is 14.4 Å². The molecule has 0 aliphatic carbocycles. The summed E-state index contributed by atoms with van der Waals surface area (Å²) < 4.78 is 1.69. The number of pyridine rings is 1. The SMILES string of the molecule is CCc1ccc(-n2cc(C(=O)NOC)c(=O)c3cnc(Nc4ccc5c(c4)N(C(C)=O)CC5)nc32)cc1. The summed E-state index contributed by atoms with van der Waals surface area (Å²) in [5.74, 6) is -0.403. The van der Waals surface area contributed by atoms with Crippen LogP contribution in [0, 0.1) is 0 Å². The number of carbonyl (C=O) groups is 2. The molecule has 2 amide bonds. The molecule has 5 rings (SSSR count). The molecule has 1 aliphatic heterocycles. The minimum absolute atomic E-state index is 0.00993. The molecular formula is C27H26N6O4. The molecule has 2 aromatic carbocycles. The summed E-state index contributed by atoms with van der Waals surface area (Å²) in [6.45, 7) is 4.27. The van der Waals surface area contributed by atoms with E-state index in [2.05, 4.69) is 27.7 Å². The van der Waals surface area contributed by atoms with Crippen LogP contribution in [-0.2, 0) is 22.5 Å². The number of aromatic nitrogens is 3. The van der Waals surface area contributed by atoms with Crippen molar-refractivity contribution in [3.8, 4) is 5.69 Å². The maximum Gasteiger partial charge on any atom is 0.280 e. The minimum atomic E-state index is -0.663. The Morgan fingerprint density at radius 3 is 2.62 bits per heavy atom. The van der Waals surface area contributed by atoms with Gasteiger partial charge in [-0.25, -0.2) is 10.5 Å². The Bertz CT molecular complexity index is 1580. The van der Waals surface area contributed by atoms with Crippen molar-refractivity contribution in [1.82, 2.24) is 20.0 Å². The van der Waals surface area contributed by atoms with Crippen molar-refractivity contribution in [3.05, 3.63) is 81.8 Å². The van der Waals surface area contributed by atoms with Crippen LogP contribution in [0.5, 0.6) is 0 Å².